The van der Waals surface area contributed by atoms with Crippen molar-refractivity contribution in [1.29, 1.82) is 0 Å². The number of thioether (sulfide) groups is 1. The standard InChI is InChI=1S/C15H14N2O2S/c18-14-8-11-4-2-1-3-10(11)7-13(14)15(19)17-16-12-5-6-20-9-12/h1-4,7-8,18H,5-6,9H2,(H,17,19)/b16-12+. The molecule has 0 atom stereocenters. The van der Waals surface area contributed by atoms with Crippen molar-refractivity contribution in [3.05, 3.63) is 42.0 Å². The van der Waals surface area contributed by atoms with Crippen LogP contribution in [0, 0.1) is 0 Å². The van der Waals surface area contributed by atoms with Crippen molar-refractivity contribution >= 4 is 34.2 Å². The van der Waals surface area contributed by atoms with Crippen LogP contribution in [0.5, 0.6) is 5.75 Å². The quantitative estimate of drug-likeness (QED) is 0.834. The van der Waals surface area contributed by atoms with Crippen molar-refractivity contribution in [3.8, 4) is 5.75 Å². The minimum atomic E-state index is -0.377. The van der Waals surface area contributed by atoms with Crippen molar-refractivity contribution in [3.63, 3.8) is 0 Å². The molecule has 0 unspecified atom stereocenters. The molecule has 1 saturated heterocycles. The Hall–Kier alpha value is -2.01. The van der Waals surface area contributed by atoms with Crippen LogP contribution in [0.25, 0.3) is 10.8 Å². The Bertz CT molecular complexity index is 689. The van der Waals surface area contributed by atoms with Crippen LogP contribution >= 0.6 is 11.8 Å². The summed E-state index contributed by atoms with van der Waals surface area (Å²) in [6.45, 7) is 0. The van der Waals surface area contributed by atoms with Crippen LogP contribution in [0.3, 0.4) is 0 Å². The first kappa shape index (κ1) is 13.0. The maximum absolute atomic E-state index is 12.1. The lowest BCUT2D eigenvalue weighted by Gasteiger charge is -2.06. The second kappa shape index (κ2) is 5.54. The average Bonchev–Trinajstić information content (AvgIpc) is 2.97. The van der Waals surface area contributed by atoms with Gasteiger partial charge in [-0.2, -0.15) is 16.9 Å². The number of carbonyl (C=O) groups excluding carboxylic acids is 1. The molecule has 1 aliphatic rings. The number of hydrogen-bond acceptors (Lipinski definition) is 4. The number of hydrogen-bond donors (Lipinski definition) is 2. The molecule has 4 nitrogen and oxygen atoms in total. The van der Waals surface area contributed by atoms with Gasteiger partial charge in [0.25, 0.3) is 5.91 Å². The van der Waals surface area contributed by atoms with Crippen LogP contribution in [-0.2, 0) is 0 Å². The topological polar surface area (TPSA) is 61.7 Å². The molecule has 20 heavy (non-hydrogen) atoms. The number of hydrazone groups is 1. The van der Waals surface area contributed by atoms with Crippen LogP contribution in [0.15, 0.2) is 41.5 Å². The summed E-state index contributed by atoms with van der Waals surface area (Å²) in [5, 5.41) is 15.9. The van der Waals surface area contributed by atoms with E-state index in [-0.39, 0.29) is 17.2 Å². The Morgan fingerprint density at radius 3 is 2.70 bits per heavy atom. The third-order valence-corrected chi connectivity index (χ3v) is 4.26. The van der Waals surface area contributed by atoms with Crippen LogP contribution in [-0.4, -0.2) is 28.2 Å². The molecule has 0 spiro atoms. The summed E-state index contributed by atoms with van der Waals surface area (Å²) in [6.07, 6.45) is 0.911. The van der Waals surface area contributed by atoms with Crippen LogP contribution < -0.4 is 5.43 Å². The predicted molar refractivity (Wildman–Crippen MR) is 82.5 cm³/mol. The van der Waals surface area contributed by atoms with Gasteiger partial charge in [-0.15, -0.1) is 0 Å². The van der Waals surface area contributed by atoms with Crippen molar-refractivity contribution in [2.45, 2.75) is 6.42 Å². The van der Waals surface area contributed by atoms with E-state index in [0.717, 1.165) is 34.4 Å². The molecule has 0 radical (unpaired) electrons. The molecule has 2 N–H and O–H groups in total. The molecule has 1 amide bonds. The van der Waals surface area contributed by atoms with E-state index in [1.807, 2.05) is 24.3 Å². The number of phenols is 1. The van der Waals surface area contributed by atoms with Gasteiger partial charge in [0.2, 0.25) is 0 Å². The zero-order valence-corrected chi connectivity index (χ0v) is 11.6. The molecule has 0 bridgehead atoms. The van der Waals surface area contributed by atoms with Gasteiger partial charge in [-0.05, 0) is 35.1 Å². The van der Waals surface area contributed by atoms with Crippen LogP contribution in [0.4, 0.5) is 0 Å². The fourth-order valence-corrected chi connectivity index (χ4v) is 3.11. The van der Waals surface area contributed by atoms with Crippen molar-refractivity contribution in [2.75, 3.05) is 11.5 Å². The maximum atomic E-state index is 12.1. The highest BCUT2D eigenvalue weighted by Gasteiger charge is 2.13. The van der Waals surface area contributed by atoms with E-state index in [1.54, 1.807) is 23.9 Å². The molecular formula is C15H14N2O2S. The number of rotatable bonds is 2. The Morgan fingerprint density at radius 2 is 2.00 bits per heavy atom. The molecule has 102 valence electrons. The monoisotopic (exact) mass is 286 g/mol. The first-order valence-electron chi connectivity index (χ1n) is 6.39. The second-order valence-electron chi connectivity index (χ2n) is 4.64. The van der Waals surface area contributed by atoms with E-state index in [9.17, 15) is 9.90 Å². The Kier molecular flexibility index (Phi) is 3.60. The normalized spacial score (nSPS) is 16.7. The lowest BCUT2D eigenvalue weighted by Crippen LogP contribution is -2.19. The summed E-state index contributed by atoms with van der Waals surface area (Å²) >= 11 is 1.80. The first-order valence-corrected chi connectivity index (χ1v) is 7.55. The molecule has 0 aromatic heterocycles. The number of nitrogens with one attached hydrogen (secondary N) is 1. The molecule has 5 heteroatoms. The minimum absolute atomic E-state index is 0.0257. The summed E-state index contributed by atoms with van der Waals surface area (Å²) in [5.74, 6) is 1.51. The summed E-state index contributed by atoms with van der Waals surface area (Å²) in [6, 6.07) is 10.9. The predicted octanol–water partition coefficient (Wildman–Crippen LogP) is 2.77. The van der Waals surface area contributed by atoms with E-state index in [1.165, 1.54) is 0 Å². The van der Waals surface area contributed by atoms with Gasteiger partial charge < -0.3 is 5.11 Å². The third-order valence-electron chi connectivity index (χ3n) is 3.23. The highest BCUT2D eigenvalue weighted by molar-refractivity contribution is 8.00. The number of carbonyl (C=O) groups is 1. The molecule has 3 rings (SSSR count). The van der Waals surface area contributed by atoms with E-state index < -0.39 is 0 Å². The van der Waals surface area contributed by atoms with Gasteiger partial charge >= 0.3 is 0 Å². The van der Waals surface area contributed by atoms with Gasteiger partial charge in [-0.1, -0.05) is 24.3 Å². The lowest BCUT2D eigenvalue weighted by atomic mass is 10.1. The fourth-order valence-electron chi connectivity index (χ4n) is 2.14. The van der Waals surface area contributed by atoms with Gasteiger partial charge in [0.15, 0.2) is 0 Å². The van der Waals surface area contributed by atoms with Gasteiger partial charge in [0.05, 0.1) is 5.56 Å². The largest absolute Gasteiger partial charge is 0.507 e. The third kappa shape index (κ3) is 2.63. The van der Waals surface area contributed by atoms with Gasteiger partial charge in [0, 0.05) is 11.5 Å². The fraction of sp³-hybridized carbons (Fsp3) is 0.200. The molecule has 1 aliphatic heterocycles. The van der Waals surface area contributed by atoms with E-state index in [4.69, 9.17) is 0 Å². The van der Waals surface area contributed by atoms with Crippen molar-refractivity contribution in [1.82, 2.24) is 5.43 Å². The molecule has 1 heterocycles. The van der Waals surface area contributed by atoms with Crippen molar-refractivity contribution in [2.24, 2.45) is 5.10 Å². The molecule has 2 aromatic rings. The first-order chi connectivity index (χ1) is 9.74. The Morgan fingerprint density at radius 1 is 1.25 bits per heavy atom. The zero-order valence-electron chi connectivity index (χ0n) is 10.8. The number of fused-ring (bicyclic) bond motifs is 1. The summed E-state index contributed by atoms with van der Waals surface area (Å²) in [4.78, 5) is 12.1. The molecule has 0 saturated carbocycles. The number of phenolic OH excluding ortho intramolecular Hbond substituents is 1. The smallest absolute Gasteiger partial charge is 0.275 e. The van der Waals surface area contributed by atoms with Gasteiger partial charge in [-0.3, -0.25) is 4.79 Å². The molecule has 1 fully saturated rings. The zero-order chi connectivity index (χ0) is 13.9. The van der Waals surface area contributed by atoms with E-state index in [2.05, 4.69) is 10.5 Å². The van der Waals surface area contributed by atoms with E-state index >= 15 is 0 Å². The number of aromatic hydroxyl groups is 1. The molecular weight excluding hydrogens is 272 g/mol. The van der Waals surface area contributed by atoms with Gasteiger partial charge in [0.1, 0.15) is 5.75 Å². The highest BCUT2D eigenvalue weighted by atomic mass is 32.2. The Balaban J connectivity index is 1.87. The summed E-state index contributed by atoms with van der Waals surface area (Å²) in [5.41, 5.74) is 3.76. The molecule has 0 aliphatic carbocycles. The van der Waals surface area contributed by atoms with E-state index in [0.29, 0.717) is 0 Å². The van der Waals surface area contributed by atoms with Crippen LogP contribution in [0.1, 0.15) is 16.8 Å². The summed E-state index contributed by atoms with van der Waals surface area (Å²) in [7, 11) is 0. The number of benzene rings is 2. The second-order valence-corrected chi connectivity index (χ2v) is 5.74. The summed E-state index contributed by atoms with van der Waals surface area (Å²) < 4.78 is 0. The number of amides is 1. The lowest BCUT2D eigenvalue weighted by molar-refractivity contribution is 0.0952. The SMILES string of the molecule is O=C(N/N=C1\CCSC1)c1cc2ccccc2cc1O. The molecule has 2 aromatic carbocycles. The highest BCUT2D eigenvalue weighted by Crippen LogP contribution is 2.24. The number of nitrogens with zero attached hydrogens (tertiary/aromatic N) is 1. The Labute approximate surface area is 120 Å². The van der Waals surface area contributed by atoms with Crippen molar-refractivity contribution < 1.29 is 9.90 Å². The minimum Gasteiger partial charge on any atom is -0.507 e. The average molecular weight is 286 g/mol. The van der Waals surface area contributed by atoms with Gasteiger partial charge in [-0.25, -0.2) is 5.43 Å². The van der Waals surface area contributed by atoms with Crippen LogP contribution in [0.2, 0.25) is 0 Å². The maximum Gasteiger partial charge on any atom is 0.275 e.